The molecule has 0 aromatic heterocycles. The summed E-state index contributed by atoms with van der Waals surface area (Å²) < 4.78 is 5.50. The highest BCUT2D eigenvalue weighted by Crippen LogP contribution is 2.13. The third-order valence-corrected chi connectivity index (χ3v) is 2.03. The lowest BCUT2D eigenvalue weighted by Crippen LogP contribution is -2.23. The van der Waals surface area contributed by atoms with Gasteiger partial charge < -0.3 is 10.1 Å². The zero-order chi connectivity index (χ0) is 12.7. The lowest BCUT2D eigenvalue weighted by molar-refractivity contribution is 0.0958. The first-order valence-corrected chi connectivity index (χ1v) is 5.51. The van der Waals surface area contributed by atoms with Crippen LogP contribution in [0, 0.1) is 17.2 Å². The standard InChI is InChI=1S/C13H16N2O2/c1-10(2)9-17-12-5-3-11(4-6-12)13(16)15-8-7-14/h3-6,10H,8-9H2,1-2H3,(H,15,16). The molecule has 1 rings (SSSR count). The van der Waals surface area contributed by atoms with E-state index >= 15 is 0 Å². The molecule has 0 aliphatic heterocycles. The number of nitrogens with zero attached hydrogens (tertiary/aromatic N) is 1. The van der Waals surface area contributed by atoms with Gasteiger partial charge in [-0.25, -0.2) is 0 Å². The Kier molecular flexibility index (Phi) is 5.02. The van der Waals surface area contributed by atoms with Crippen molar-refractivity contribution in [1.82, 2.24) is 5.32 Å². The molecule has 0 radical (unpaired) electrons. The number of amides is 1. The zero-order valence-corrected chi connectivity index (χ0v) is 10.1. The van der Waals surface area contributed by atoms with Gasteiger partial charge >= 0.3 is 0 Å². The number of benzene rings is 1. The van der Waals surface area contributed by atoms with Gasteiger partial charge in [0.1, 0.15) is 12.3 Å². The van der Waals surface area contributed by atoms with Crippen LogP contribution in [0.3, 0.4) is 0 Å². The van der Waals surface area contributed by atoms with Gasteiger partial charge in [-0.2, -0.15) is 5.26 Å². The number of hydrogen-bond acceptors (Lipinski definition) is 3. The van der Waals surface area contributed by atoms with Crippen LogP contribution in [0.25, 0.3) is 0 Å². The molecule has 0 aliphatic carbocycles. The van der Waals surface area contributed by atoms with Gasteiger partial charge in [0.15, 0.2) is 0 Å². The summed E-state index contributed by atoms with van der Waals surface area (Å²) in [7, 11) is 0. The highest BCUT2D eigenvalue weighted by molar-refractivity contribution is 5.94. The van der Waals surface area contributed by atoms with Crippen LogP contribution in [0.15, 0.2) is 24.3 Å². The van der Waals surface area contributed by atoms with Crippen molar-refractivity contribution in [3.8, 4) is 11.8 Å². The third kappa shape index (κ3) is 4.56. The Balaban J connectivity index is 2.55. The number of ether oxygens (including phenoxy) is 1. The molecule has 0 fully saturated rings. The van der Waals surface area contributed by atoms with E-state index < -0.39 is 0 Å². The minimum absolute atomic E-state index is 0.0183. The zero-order valence-electron chi connectivity index (χ0n) is 10.1. The average molecular weight is 232 g/mol. The fourth-order valence-corrected chi connectivity index (χ4v) is 1.19. The van der Waals surface area contributed by atoms with Crippen molar-refractivity contribution in [2.75, 3.05) is 13.2 Å². The molecule has 0 atom stereocenters. The predicted molar refractivity (Wildman–Crippen MR) is 64.7 cm³/mol. The van der Waals surface area contributed by atoms with Gasteiger partial charge in [-0.3, -0.25) is 4.79 Å². The second-order valence-corrected chi connectivity index (χ2v) is 4.07. The van der Waals surface area contributed by atoms with E-state index in [0.29, 0.717) is 18.1 Å². The van der Waals surface area contributed by atoms with E-state index in [2.05, 4.69) is 19.2 Å². The molecule has 90 valence electrons. The van der Waals surface area contributed by atoms with Gasteiger partial charge in [-0.1, -0.05) is 13.8 Å². The maximum Gasteiger partial charge on any atom is 0.252 e. The summed E-state index contributed by atoms with van der Waals surface area (Å²) in [6.07, 6.45) is 0. The van der Waals surface area contributed by atoms with Crippen molar-refractivity contribution >= 4 is 5.91 Å². The molecule has 0 unspecified atom stereocenters. The van der Waals surface area contributed by atoms with Crippen LogP contribution >= 0.6 is 0 Å². The van der Waals surface area contributed by atoms with Crippen molar-refractivity contribution < 1.29 is 9.53 Å². The van der Waals surface area contributed by atoms with Crippen LogP contribution in [0.5, 0.6) is 5.75 Å². The predicted octanol–water partition coefficient (Wildman–Crippen LogP) is 1.97. The number of nitrogens with one attached hydrogen (secondary N) is 1. The summed E-state index contributed by atoms with van der Waals surface area (Å²) >= 11 is 0. The van der Waals surface area contributed by atoms with Gasteiger partial charge in [0.2, 0.25) is 0 Å². The molecule has 0 saturated heterocycles. The topological polar surface area (TPSA) is 62.1 Å². The molecule has 0 spiro atoms. The minimum atomic E-state index is -0.248. The molecular weight excluding hydrogens is 216 g/mol. The second-order valence-electron chi connectivity index (χ2n) is 4.07. The van der Waals surface area contributed by atoms with Crippen LogP contribution in [-0.2, 0) is 0 Å². The molecule has 1 aromatic rings. The summed E-state index contributed by atoms with van der Waals surface area (Å²) in [6.45, 7) is 4.82. The maximum absolute atomic E-state index is 11.5. The summed E-state index contributed by atoms with van der Waals surface area (Å²) in [5.74, 6) is 0.964. The van der Waals surface area contributed by atoms with Crippen LogP contribution in [0.4, 0.5) is 0 Å². The van der Waals surface area contributed by atoms with E-state index in [4.69, 9.17) is 10.00 Å². The monoisotopic (exact) mass is 232 g/mol. The van der Waals surface area contributed by atoms with Crippen LogP contribution in [-0.4, -0.2) is 19.1 Å². The Bertz CT molecular complexity index is 404. The van der Waals surface area contributed by atoms with Crippen molar-refractivity contribution in [3.05, 3.63) is 29.8 Å². The Morgan fingerprint density at radius 3 is 2.59 bits per heavy atom. The van der Waals surface area contributed by atoms with E-state index in [1.165, 1.54) is 0 Å². The van der Waals surface area contributed by atoms with E-state index in [-0.39, 0.29) is 12.5 Å². The normalized spacial score (nSPS) is 9.76. The molecule has 0 heterocycles. The molecule has 1 amide bonds. The minimum Gasteiger partial charge on any atom is -0.493 e. The summed E-state index contributed by atoms with van der Waals surface area (Å²) in [5.41, 5.74) is 0.525. The van der Waals surface area contributed by atoms with E-state index in [9.17, 15) is 4.79 Å². The van der Waals surface area contributed by atoms with Crippen LogP contribution in [0.2, 0.25) is 0 Å². The summed E-state index contributed by atoms with van der Waals surface area (Å²) in [5, 5.41) is 10.8. The molecule has 0 aliphatic rings. The lowest BCUT2D eigenvalue weighted by Gasteiger charge is -2.08. The largest absolute Gasteiger partial charge is 0.493 e. The molecular formula is C13H16N2O2. The fourth-order valence-electron chi connectivity index (χ4n) is 1.19. The molecule has 0 saturated carbocycles. The number of rotatable bonds is 5. The van der Waals surface area contributed by atoms with Crippen LogP contribution < -0.4 is 10.1 Å². The molecule has 0 bridgehead atoms. The first kappa shape index (κ1) is 13.0. The quantitative estimate of drug-likeness (QED) is 0.789. The van der Waals surface area contributed by atoms with Crippen molar-refractivity contribution in [2.24, 2.45) is 5.92 Å². The van der Waals surface area contributed by atoms with Crippen molar-refractivity contribution in [2.45, 2.75) is 13.8 Å². The van der Waals surface area contributed by atoms with Crippen LogP contribution in [0.1, 0.15) is 24.2 Å². The Morgan fingerprint density at radius 2 is 2.06 bits per heavy atom. The smallest absolute Gasteiger partial charge is 0.252 e. The highest BCUT2D eigenvalue weighted by atomic mass is 16.5. The van der Waals surface area contributed by atoms with Gasteiger partial charge in [0.25, 0.3) is 5.91 Å². The van der Waals surface area contributed by atoms with Gasteiger partial charge in [0, 0.05) is 5.56 Å². The summed E-state index contributed by atoms with van der Waals surface area (Å²) in [4.78, 5) is 11.5. The Morgan fingerprint density at radius 1 is 1.41 bits per heavy atom. The van der Waals surface area contributed by atoms with E-state index in [1.807, 2.05) is 6.07 Å². The SMILES string of the molecule is CC(C)COc1ccc(C(=O)NCC#N)cc1. The van der Waals surface area contributed by atoms with Crippen molar-refractivity contribution in [3.63, 3.8) is 0 Å². The van der Waals surface area contributed by atoms with E-state index in [1.54, 1.807) is 24.3 Å². The number of hydrogen-bond donors (Lipinski definition) is 1. The molecule has 4 heteroatoms. The lowest BCUT2D eigenvalue weighted by atomic mass is 10.2. The Hall–Kier alpha value is -2.02. The van der Waals surface area contributed by atoms with Gasteiger partial charge in [-0.05, 0) is 30.2 Å². The third-order valence-electron chi connectivity index (χ3n) is 2.03. The first-order valence-electron chi connectivity index (χ1n) is 5.51. The maximum atomic E-state index is 11.5. The summed E-state index contributed by atoms with van der Waals surface area (Å²) in [6, 6.07) is 8.73. The fraction of sp³-hybridized carbons (Fsp3) is 0.385. The Labute approximate surface area is 101 Å². The van der Waals surface area contributed by atoms with Crippen molar-refractivity contribution in [1.29, 1.82) is 5.26 Å². The molecule has 1 aromatic carbocycles. The van der Waals surface area contributed by atoms with E-state index in [0.717, 1.165) is 5.75 Å². The number of nitriles is 1. The second kappa shape index (κ2) is 6.54. The number of carbonyl (C=O) groups excluding carboxylic acids is 1. The highest BCUT2D eigenvalue weighted by Gasteiger charge is 2.04. The average Bonchev–Trinajstić information content (AvgIpc) is 2.34. The van der Waals surface area contributed by atoms with Gasteiger partial charge in [0.05, 0.1) is 12.7 Å². The number of carbonyl (C=O) groups is 1. The molecule has 17 heavy (non-hydrogen) atoms. The first-order chi connectivity index (χ1) is 8.13. The van der Waals surface area contributed by atoms with Gasteiger partial charge in [-0.15, -0.1) is 0 Å². The molecule has 1 N–H and O–H groups in total. The molecule has 4 nitrogen and oxygen atoms in total.